The molecule has 1 saturated heterocycles. The normalized spacial score (nSPS) is 22.6. The van der Waals surface area contributed by atoms with Crippen LogP contribution < -0.4 is 5.32 Å². The van der Waals surface area contributed by atoms with E-state index in [1.165, 1.54) is 0 Å². The molecule has 0 aromatic rings. The molecule has 0 spiro atoms. The minimum absolute atomic E-state index is 0.992. The first-order valence-corrected chi connectivity index (χ1v) is 4.28. The van der Waals surface area contributed by atoms with Crippen molar-refractivity contribution in [1.29, 1.82) is 0 Å². The van der Waals surface area contributed by atoms with Gasteiger partial charge >= 0.3 is 0 Å². The number of thioether (sulfide) groups is 2. The molecule has 1 N–H and O–H groups in total. The predicted molar refractivity (Wildman–Crippen MR) is 40.6 cm³/mol. The number of hydrogen-bond acceptors (Lipinski definition) is 4. The zero-order valence-corrected chi connectivity index (χ0v) is 6.09. The highest BCUT2D eigenvalue weighted by Crippen LogP contribution is 2.18. The van der Waals surface area contributed by atoms with Gasteiger partial charge in [-0.15, -0.1) is 0 Å². The molecule has 40 valence electrons. The quantitative estimate of drug-likeness (QED) is 0.523. The predicted octanol–water partition coefficient (Wildman–Crippen LogP) is 1.26. The van der Waals surface area contributed by atoms with Crippen molar-refractivity contribution in [1.82, 2.24) is 5.32 Å². The second kappa shape index (κ2) is 2.91. The molecule has 1 rings (SSSR count). The second-order valence-corrected chi connectivity index (χ2v) is 4.23. The Hall–Kier alpha value is 0.750. The van der Waals surface area contributed by atoms with Crippen molar-refractivity contribution in [3.8, 4) is 0 Å². The summed E-state index contributed by atoms with van der Waals surface area (Å²) in [4.78, 5) is 0. The monoisotopic (exact) mass is 151 g/mol. The smallest absolute Gasteiger partial charge is 0.106 e. The van der Waals surface area contributed by atoms with E-state index in [9.17, 15) is 0 Å². The fourth-order valence-corrected chi connectivity index (χ4v) is 2.12. The summed E-state index contributed by atoms with van der Waals surface area (Å²) in [7, 11) is 0. The van der Waals surface area contributed by atoms with E-state index in [4.69, 9.17) is 12.2 Å². The molecule has 1 heterocycles. The average Bonchev–Trinajstić information content (AvgIpc) is 1.69. The average molecular weight is 151 g/mol. The van der Waals surface area contributed by atoms with Gasteiger partial charge < -0.3 is 0 Å². The number of nitrogens with one attached hydrogen (secondary N) is 1. The fraction of sp³-hybridized carbons (Fsp3) is 0.667. The van der Waals surface area contributed by atoms with Gasteiger partial charge in [0.25, 0.3) is 0 Å². The molecule has 0 saturated carbocycles. The van der Waals surface area contributed by atoms with Crippen LogP contribution in [0.4, 0.5) is 0 Å². The first-order chi connectivity index (χ1) is 3.39. The number of rotatable bonds is 0. The fourth-order valence-electron chi connectivity index (χ4n) is 0.303. The van der Waals surface area contributed by atoms with E-state index in [0.29, 0.717) is 0 Å². The highest BCUT2D eigenvalue weighted by molar-refractivity contribution is 8.47. The highest BCUT2D eigenvalue weighted by Gasteiger charge is 2.02. The van der Waals surface area contributed by atoms with E-state index >= 15 is 0 Å². The molecular weight excluding hydrogens is 146 g/mol. The maximum absolute atomic E-state index is 4.89. The van der Waals surface area contributed by atoms with Crippen LogP contribution in [0.5, 0.6) is 0 Å². The lowest BCUT2D eigenvalue weighted by Crippen LogP contribution is -2.17. The van der Waals surface area contributed by atoms with Gasteiger partial charge in [-0.05, 0) is 0 Å². The van der Waals surface area contributed by atoms with Crippen LogP contribution in [-0.2, 0) is 0 Å². The van der Waals surface area contributed by atoms with Gasteiger partial charge in [-0.2, -0.15) is 0 Å². The van der Waals surface area contributed by atoms with Crippen molar-refractivity contribution in [2.24, 2.45) is 0 Å². The van der Waals surface area contributed by atoms with E-state index in [2.05, 4.69) is 5.32 Å². The van der Waals surface area contributed by atoms with Crippen LogP contribution in [0.25, 0.3) is 0 Å². The summed E-state index contributed by atoms with van der Waals surface area (Å²) >= 11 is 8.29. The van der Waals surface area contributed by atoms with Crippen molar-refractivity contribution < 1.29 is 0 Å². The Bertz CT molecular complexity index is 74.2. The molecule has 0 atom stereocenters. The van der Waals surface area contributed by atoms with Gasteiger partial charge in [-0.25, -0.2) is 0 Å². The van der Waals surface area contributed by atoms with Crippen LogP contribution in [0, 0.1) is 0 Å². The van der Waals surface area contributed by atoms with Crippen molar-refractivity contribution in [2.75, 3.05) is 11.8 Å². The maximum atomic E-state index is 4.89. The molecule has 0 unspecified atom stereocenters. The van der Waals surface area contributed by atoms with E-state index in [1.54, 1.807) is 23.5 Å². The van der Waals surface area contributed by atoms with E-state index < -0.39 is 0 Å². The molecule has 1 aliphatic rings. The minimum Gasteiger partial charge on any atom is -0.298 e. The Morgan fingerprint density at radius 1 is 1.43 bits per heavy atom. The standard InChI is InChI=1S/C3H5NS3/c5-3-6-1-4-2-7-3/h4H,1-2H2. The number of thiocarbonyl (C=S) groups is 1. The lowest BCUT2D eigenvalue weighted by Gasteiger charge is -2.09. The summed E-state index contributed by atoms with van der Waals surface area (Å²) in [5, 5.41) is 3.15. The van der Waals surface area contributed by atoms with Gasteiger partial charge in [-0.3, -0.25) is 5.32 Å². The Kier molecular flexibility index (Phi) is 2.45. The molecule has 4 heteroatoms. The Balaban J connectivity index is 2.25. The molecule has 0 aliphatic carbocycles. The third-order valence-electron chi connectivity index (χ3n) is 0.584. The lowest BCUT2D eigenvalue weighted by molar-refractivity contribution is 0.953. The van der Waals surface area contributed by atoms with Crippen LogP contribution in [0.2, 0.25) is 0 Å². The summed E-state index contributed by atoms with van der Waals surface area (Å²) in [6, 6.07) is 0. The van der Waals surface area contributed by atoms with Crippen molar-refractivity contribution in [2.45, 2.75) is 0 Å². The summed E-state index contributed by atoms with van der Waals surface area (Å²) in [5.74, 6) is 1.98. The van der Waals surface area contributed by atoms with Crippen molar-refractivity contribution >= 4 is 39.3 Å². The lowest BCUT2D eigenvalue weighted by atomic mass is 11.2. The maximum Gasteiger partial charge on any atom is 0.106 e. The van der Waals surface area contributed by atoms with Gasteiger partial charge in [0, 0.05) is 11.8 Å². The molecule has 7 heavy (non-hydrogen) atoms. The largest absolute Gasteiger partial charge is 0.298 e. The molecular formula is C3H5NS3. The second-order valence-electron chi connectivity index (χ2n) is 1.08. The topological polar surface area (TPSA) is 12.0 Å². The Morgan fingerprint density at radius 3 is 2.29 bits per heavy atom. The minimum atomic E-state index is 0.992. The van der Waals surface area contributed by atoms with Gasteiger partial charge in [0.05, 0.1) is 0 Å². The van der Waals surface area contributed by atoms with Crippen LogP contribution in [0.3, 0.4) is 0 Å². The molecule has 1 nitrogen and oxygen atoms in total. The van der Waals surface area contributed by atoms with E-state index in [-0.39, 0.29) is 0 Å². The number of hydrogen-bond donors (Lipinski definition) is 1. The molecule has 0 aromatic carbocycles. The summed E-state index contributed by atoms with van der Waals surface area (Å²) in [6.07, 6.45) is 0. The third-order valence-corrected chi connectivity index (χ3v) is 3.17. The molecule has 0 radical (unpaired) electrons. The van der Waals surface area contributed by atoms with Crippen LogP contribution >= 0.6 is 35.7 Å². The van der Waals surface area contributed by atoms with Crippen molar-refractivity contribution in [3.63, 3.8) is 0 Å². The first-order valence-electron chi connectivity index (χ1n) is 1.90. The van der Waals surface area contributed by atoms with Gasteiger partial charge in [0.2, 0.25) is 0 Å². The molecule has 0 bridgehead atoms. The first kappa shape index (κ1) is 5.88. The Morgan fingerprint density at radius 2 is 2.00 bits per heavy atom. The van der Waals surface area contributed by atoms with Crippen molar-refractivity contribution in [3.05, 3.63) is 0 Å². The summed E-state index contributed by atoms with van der Waals surface area (Å²) < 4.78 is 1.07. The zero-order valence-electron chi connectivity index (χ0n) is 3.64. The summed E-state index contributed by atoms with van der Waals surface area (Å²) in [5.41, 5.74) is 0. The van der Waals surface area contributed by atoms with E-state index in [1.807, 2.05) is 0 Å². The Labute approximate surface area is 56.6 Å². The molecule has 1 fully saturated rings. The summed E-state index contributed by atoms with van der Waals surface area (Å²) in [6.45, 7) is 0. The van der Waals surface area contributed by atoms with Crippen LogP contribution in [-0.4, -0.2) is 15.3 Å². The molecule has 0 amide bonds. The van der Waals surface area contributed by atoms with Crippen LogP contribution in [0.15, 0.2) is 0 Å². The molecule has 0 aromatic heterocycles. The van der Waals surface area contributed by atoms with Gasteiger partial charge in [0.1, 0.15) is 3.53 Å². The van der Waals surface area contributed by atoms with Crippen LogP contribution in [0.1, 0.15) is 0 Å². The highest BCUT2D eigenvalue weighted by atomic mass is 32.2. The molecule has 1 aliphatic heterocycles. The SMILES string of the molecule is S=C1SCNCS1. The van der Waals surface area contributed by atoms with Gasteiger partial charge in [0.15, 0.2) is 0 Å². The zero-order chi connectivity index (χ0) is 5.11. The third kappa shape index (κ3) is 1.99. The van der Waals surface area contributed by atoms with Gasteiger partial charge in [-0.1, -0.05) is 35.7 Å². The van der Waals surface area contributed by atoms with E-state index in [0.717, 1.165) is 15.3 Å².